The fourth-order valence-corrected chi connectivity index (χ4v) is 19.5. The third-order valence-corrected chi connectivity index (χ3v) is 22.9. The number of hydrogen-bond acceptors (Lipinski definition) is 13. The van der Waals surface area contributed by atoms with E-state index in [1.54, 1.807) is 12.1 Å². The highest BCUT2D eigenvalue weighted by Gasteiger charge is 2.69. The van der Waals surface area contributed by atoms with E-state index in [4.69, 9.17) is 10.5 Å². The molecule has 2 spiro atoms. The van der Waals surface area contributed by atoms with Gasteiger partial charge in [-0.05, 0) is 194 Å². The van der Waals surface area contributed by atoms with E-state index in [0.29, 0.717) is 55.8 Å². The lowest BCUT2D eigenvalue weighted by atomic mass is 9.38. The van der Waals surface area contributed by atoms with Gasteiger partial charge in [-0.15, -0.1) is 0 Å². The first-order valence-electron chi connectivity index (χ1n) is 31.7. The number of carbonyl (C=O) groups excluding carboxylic acids is 2. The molecule has 17 unspecified atom stereocenters. The molecule has 0 bridgehead atoms. The van der Waals surface area contributed by atoms with Crippen LogP contribution in [0.2, 0.25) is 0 Å². The molecule has 14 heteroatoms. The van der Waals surface area contributed by atoms with Crippen molar-refractivity contribution in [2.75, 3.05) is 26.7 Å². The number of ketones is 2. The van der Waals surface area contributed by atoms with E-state index >= 15 is 4.79 Å². The Balaban J connectivity index is 0.855. The third kappa shape index (κ3) is 9.86. The molecule has 12 N–H and O–H groups in total. The van der Waals surface area contributed by atoms with Gasteiger partial charge in [0.05, 0.1) is 31.2 Å². The maximum atomic E-state index is 15.3. The quantitative estimate of drug-likeness (QED) is 0.0404. The molecule has 13 rings (SSSR count). The monoisotopic (exact) mass is 1130 g/mol. The van der Waals surface area contributed by atoms with Gasteiger partial charge in [0, 0.05) is 72.4 Å². The van der Waals surface area contributed by atoms with Crippen LogP contribution in [0.25, 0.3) is 10.8 Å². The lowest BCUT2D eigenvalue weighted by Gasteiger charge is -2.70. The highest BCUT2D eigenvalue weighted by atomic mass is 16.5. The minimum absolute atomic E-state index is 0.00862. The first kappa shape index (κ1) is 56.6. The molecule has 83 heavy (non-hydrogen) atoms. The topological polar surface area (TPSA) is 243 Å². The molecule has 0 radical (unpaired) electrons. The molecule has 7 aliphatic carbocycles. The largest absolute Gasteiger partial charge is 0.504 e. The third-order valence-electron chi connectivity index (χ3n) is 22.9. The first-order chi connectivity index (χ1) is 40.2. The number of aryl methyl sites for hydroxylation is 2. The molecule has 2 aliphatic heterocycles. The molecule has 0 amide bonds. The van der Waals surface area contributed by atoms with Crippen LogP contribution in [0.1, 0.15) is 160 Å². The standard InChI is InChI=1S/C69H87N5O9/c1-3-71-36-49-60(46(16-18-59(81)82)66-65-63(49)67-61-44(35-73-67)13-15-45-51(75)34-50(64(65)62(45)61)74-69(66)22-7-4-8-23-69)43-20-25-68(57(80)30-43)24-19-41(48-33-54(78)55(83-2)29-40(48)14-17-56(68)79)28-52(76)53(77)32-47(42-21-26-72-58(70)31-42)39-12-11-37-9-5-6-10-38(37)27-39/h5-6,9-12,21,27,29,31,33,35,41,43,45-47,49-50,52-53,57,59-60,62-66,71-74,76-78,80-82H,3-4,7-8,13-18,20,22-23,25-26,28,30,32,34,36,70H2,1-2H3. The van der Waals surface area contributed by atoms with Crippen molar-refractivity contribution in [3.8, 4) is 23.3 Å². The van der Waals surface area contributed by atoms with Crippen molar-refractivity contribution >= 4 is 22.3 Å². The molecule has 4 saturated carbocycles. The van der Waals surface area contributed by atoms with Crippen molar-refractivity contribution in [2.24, 2.45) is 58.5 Å². The molecule has 5 fully saturated rings. The van der Waals surface area contributed by atoms with E-state index in [9.17, 15) is 35.4 Å². The summed E-state index contributed by atoms with van der Waals surface area (Å²) in [5.41, 5.74) is 12.1. The summed E-state index contributed by atoms with van der Waals surface area (Å²) in [7, 11) is 1.49. The molecule has 4 aromatic rings. The Morgan fingerprint density at radius 1 is 0.892 bits per heavy atom. The van der Waals surface area contributed by atoms with Gasteiger partial charge in [0.25, 0.3) is 0 Å². The Morgan fingerprint density at radius 2 is 1.71 bits per heavy atom. The Bertz CT molecular complexity index is 3240. The van der Waals surface area contributed by atoms with Crippen LogP contribution < -0.4 is 26.4 Å². The van der Waals surface area contributed by atoms with Gasteiger partial charge in [0.2, 0.25) is 0 Å². The van der Waals surface area contributed by atoms with Crippen LogP contribution in [-0.2, 0) is 22.4 Å². The molecule has 3 heterocycles. The number of allylic oxidation sites excluding steroid dienone is 2. The number of aromatic amines is 1. The summed E-state index contributed by atoms with van der Waals surface area (Å²) in [5.74, 6) is 8.24. The molecule has 3 aromatic carbocycles. The number of aromatic nitrogens is 1. The second kappa shape index (κ2) is 22.7. The summed E-state index contributed by atoms with van der Waals surface area (Å²) in [6.45, 7) is 4.23. The number of piperidine rings is 1. The van der Waals surface area contributed by atoms with Crippen LogP contribution in [0.15, 0.2) is 84.3 Å². The minimum Gasteiger partial charge on any atom is -0.504 e. The minimum atomic E-state index is -1.47. The van der Waals surface area contributed by atoms with Gasteiger partial charge in [-0.2, -0.15) is 0 Å². The second-order valence-corrected chi connectivity index (χ2v) is 26.9. The fourth-order valence-electron chi connectivity index (χ4n) is 19.5. The van der Waals surface area contributed by atoms with Crippen molar-refractivity contribution < 1.29 is 45.0 Å². The van der Waals surface area contributed by atoms with Gasteiger partial charge in [-0.3, -0.25) is 9.59 Å². The average molecular weight is 1130 g/mol. The zero-order valence-electron chi connectivity index (χ0n) is 48.4. The average Bonchev–Trinajstić information content (AvgIpc) is 1.75. The van der Waals surface area contributed by atoms with Crippen LogP contribution in [-0.4, -0.2) is 110 Å². The summed E-state index contributed by atoms with van der Waals surface area (Å²) >= 11 is 0. The van der Waals surface area contributed by atoms with E-state index in [-0.39, 0.29) is 126 Å². The van der Waals surface area contributed by atoms with Crippen molar-refractivity contribution in [2.45, 2.75) is 176 Å². The van der Waals surface area contributed by atoms with Gasteiger partial charge in [0.15, 0.2) is 23.6 Å². The van der Waals surface area contributed by atoms with Gasteiger partial charge in [-0.25, -0.2) is 0 Å². The van der Waals surface area contributed by atoms with Crippen LogP contribution >= 0.6 is 0 Å². The highest BCUT2D eigenvalue weighted by Crippen LogP contribution is 2.71. The molecule has 9 aliphatic rings. The number of ether oxygens (including phenoxy) is 1. The molecular formula is C69H87N5O9. The molecular weight excluding hydrogens is 1040 g/mol. The molecule has 14 nitrogen and oxygen atoms in total. The Morgan fingerprint density at radius 3 is 2.48 bits per heavy atom. The van der Waals surface area contributed by atoms with Crippen molar-refractivity contribution in [3.05, 3.63) is 118 Å². The number of aliphatic hydroxyl groups is 5. The fraction of sp³-hybridized carbons (Fsp3) is 0.594. The van der Waals surface area contributed by atoms with Crippen molar-refractivity contribution in [1.29, 1.82) is 0 Å². The summed E-state index contributed by atoms with van der Waals surface area (Å²) < 4.78 is 5.61. The van der Waals surface area contributed by atoms with Crippen molar-refractivity contribution in [1.82, 2.24) is 20.9 Å². The zero-order valence-corrected chi connectivity index (χ0v) is 48.4. The number of benzene rings is 3. The smallest absolute Gasteiger partial charge is 0.160 e. The van der Waals surface area contributed by atoms with Crippen LogP contribution in [0.3, 0.4) is 0 Å². The number of fused-ring (bicyclic) bond motifs is 4. The maximum Gasteiger partial charge on any atom is 0.160 e. The predicted octanol–water partition coefficient (Wildman–Crippen LogP) is 7.75. The SMILES string of the molecule is CCNCC1C2c3[nH]cc4c3C3C(CC4)C(=O)CC4NC5(CCCCC5)C(C(CCC(O)O)C1C1CCC5(C#CC(CC(O)C(O)CC(C6=CCNC(N)=C6)c6ccc7ccccc7c6)c6cc(O)c(OC)cc6CCC5=O)C(O)C1)C2C43. The number of rotatable bonds is 15. The number of methoxy groups -OCH3 is 1. The van der Waals surface area contributed by atoms with Crippen LogP contribution in [0.5, 0.6) is 11.5 Å². The maximum absolute atomic E-state index is 15.3. The molecule has 17 atom stereocenters. The molecule has 442 valence electrons. The number of dihydropyridines is 1. The first-order valence-corrected chi connectivity index (χ1v) is 31.7. The number of nitrogens with one attached hydrogen (secondary N) is 4. The number of carbonyl (C=O) groups is 2. The summed E-state index contributed by atoms with van der Waals surface area (Å²) in [6, 6.07) is 17.9. The number of phenols is 1. The number of H-pyrrole nitrogens is 1. The number of hydrogen-bond donors (Lipinski definition) is 11. The van der Waals surface area contributed by atoms with E-state index in [1.165, 1.54) is 30.4 Å². The normalized spacial score (nSPS) is 34.2. The van der Waals surface area contributed by atoms with E-state index < -0.39 is 35.9 Å². The zero-order chi connectivity index (χ0) is 57.5. The van der Waals surface area contributed by atoms with Crippen molar-refractivity contribution in [3.63, 3.8) is 0 Å². The molecule has 1 saturated heterocycles. The number of Topliss-reactive ketones (excluding diaryl/α,β-unsaturated/α-hetero) is 2. The summed E-state index contributed by atoms with van der Waals surface area (Å²) in [6.07, 6.45) is 11.6. The molecule has 1 aromatic heterocycles. The lowest BCUT2D eigenvalue weighted by Crippen LogP contribution is -2.74. The number of nitrogens with two attached hydrogens (primary N) is 1. The van der Waals surface area contributed by atoms with E-state index in [1.807, 2.05) is 18.2 Å². The van der Waals surface area contributed by atoms with Gasteiger partial charge in [-0.1, -0.05) is 86.6 Å². The summed E-state index contributed by atoms with van der Waals surface area (Å²) in [5, 5.41) is 84.3. The van der Waals surface area contributed by atoms with Gasteiger partial charge >= 0.3 is 0 Å². The highest BCUT2D eigenvalue weighted by molar-refractivity contribution is 5.89. The number of phenolic OH excluding ortho intramolecular Hbond substituents is 1. The Hall–Kier alpha value is -5.50. The lowest BCUT2D eigenvalue weighted by molar-refractivity contribution is -0.169. The second-order valence-electron chi connectivity index (χ2n) is 26.9. The Labute approximate surface area is 488 Å². The van der Waals surface area contributed by atoms with E-state index in [0.717, 1.165) is 79.1 Å². The summed E-state index contributed by atoms with van der Waals surface area (Å²) in [4.78, 5) is 33.6. The predicted molar refractivity (Wildman–Crippen MR) is 318 cm³/mol. The van der Waals surface area contributed by atoms with Gasteiger partial charge < -0.3 is 62.0 Å². The number of aromatic hydroxyl groups is 1. The van der Waals surface area contributed by atoms with Gasteiger partial charge in [0.1, 0.15) is 11.2 Å². The Kier molecular flexibility index (Phi) is 15.5. The van der Waals surface area contributed by atoms with E-state index in [2.05, 4.69) is 82.3 Å². The van der Waals surface area contributed by atoms with Crippen LogP contribution in [0.4, 0.5) is 0 Å². The van der Waals surface area contributed by atoms with Crippen LogP contribution in [0, 0.1) is 64.6 Å². The number of aliphatic hydroxyl groups excluding tert-OH is 4.